The number of hydrogen-bond acceptors (Lipinski definition) is 9. The molecule has 0 saturated carbocycles. The fraction of sp³-hybridized carbons (Fsp3) is 0.333. The van der Waals surface area contributed by atoms with Crippen LogP contribution in [0.4, 0.5) is 11.5 Å². The molecule has 0 radical (unpaired) electrons. The Kier molecular flexibility index (Phi) is 5.47. The largest absolute Gasteiger partial charge is 0.421 e. The van der Waals surface area contributed by atoms with Crippen molar-refractivity contribution in [3.05, 3.63) is 51.2 Å². The van der Waals surface area contributed by atoms with Crippen LogP contribution < -0.4 is 4.90 Å². The van der Waals surface area contributed by atoms with Gasteiger partial charge in [0.1, 0.15) is 12.0 Å². The Hall–Kier alpha value is -3.34. The molecule has 1 amide bonds. The average molecular weight is 414 g/mol. The highest BCUT2D eigenvalue weighted by molar-refractivity contribution is 7.08. The molecule has 29 heavy (non-hydrogen) atoms. The number of carbonyl (C=O) groups is 1. The summed E-state index contributed by atoms with van der Waals surface area (Å²) in [6.45, 7) is 2.39. The Labute approximate surface area is 169 Å². The number of anilines is 1. The van der Waals surface area contributed by atoms with Gasteiger partial charge in [-0.3, -0.25) is 14.9 Å². The standard InChI is InChI=1S/C18H18N6O4S/c25-17(4-3-16-20-21-18(28-16)13-5-10-29-12-13)23-8-6-22(7-9-23)15-2-1-14(11-19-15)24(26)27/h1-2,5,10-12H,3-4,6-9H2. The van der Waals surface area contributed by atoms with Crippen LogP contribution in [-0.4, -0.2) is 57.1 Å². The van der Waals surface area contributed by atoms with E-state index in [9.17, 15) is 14.9 Å². The first-order valence-electron chi connectivity index (χ1n) is 9.08. The van der Waals surface area contributed by atoms with Gasteiger partial charge in [0.25, 0.3) is 5.69 Å². The molecule has 0 atom stereocenters. The van der Waals surface area contributed by atoms with Gasteiger partial charge in [0.15, 0.2) is 0 Å². The van der Waals surface area contributed by atoms with E-state index in [1.54, 1.807) is 22.3 Å². The van der Waals surface area contributed by atoms with E-state index in [0.29, 0.717) is 56.6 Å². The predicted molar refractivity (Wildman–Crippen MR) is 106 cm³/mol. The number of amides is 1. The zero-order valence-corrected chi connectivity index (χ0v) is 16.2. The molecule has 10 nitrogen and oxygen atoms in total. The third kappa shape index (κ3) is 4.40. The van der Waals surface area contributed by atoms with Crippen LogP contribution in [0.5, 0.6) is 0 Å². The highest BCUT2D eigenvalue weighted by Gasteiger charge is 2.22. The van der Waals surface area contributed by atoms with Crippen molar-refractivity contribution in [2.45, 2.75) is 12.8 Å². The third-order valence-electron chi connectivity index (χ3n) is 4.69. The van der Waals surface area contributed by atoms with Crippen LogP contribution in [0, 0.1) is 10.1 Å². The lowest BCUT2D eigenvalue weighted by Gasteiger charge is -2.35. The molecule has 1 aliphatic heterocycles. The molecule has 4 heterocycles. The van der Waals surface area contributed by atoms with Crippen molar-refractivity contribution in [1.82, 2.24) is 20.1 Å². The minimum Gasteiger partial charge on any atom is -0.421 e. The Bertz CT molecular complexity index is 980. The molecular formula is C18H18N6O4S. The van der Waals surface area contributed by atoms with Gasteiger partial charge in [-0.2, -0.15) is 11.3 Å². The van der Waals surface area contributed by atoms with Gasteiger partial charge >= 0.3 is 0 Å². The number of hydrogen-bond donors (Lipinski definition) is 0. The quantitative estimate of drug-likeness (QED) is 0.446. The molecule has 3 aromatic rings. The van der Waals surface area contributed by atoms with Crippen LogP contribution in [-0.2, 0) is 11.2 Å². The van der Waals surface area contributed by atoms with Gasteiger partial charge in [-0.15, -0.1) is 10.2 Å². The van der Waals surface area contributed by atoms with E-state index in [-0.39, 0.29) is 11.6 Å². The maximum Gasteiger partial charge on any atom is 0.287 e. The molecule has 1 saturated heterocycles. The number of carbonyl (C=O) groups excluding carboxylic acids is 1. The molecule has 0 spiro atoms. The summed E-state index contributed by atoms with van der Waals surface area (Å²) < 4.78 is 5.62. The van der Waals surface area contributed by atoms with Crippen molar-refractivity contribution in [3.8, 4) is 11.5 Å². The number of aromatic nitrogens is 3. The number of thiophene rings is 1. The van der Waals surface area contributed by atoms with E-state index in [1.165, 1.54) is 12.3 Å². The minimum absolute atomic E-state index is 0.0363. The zero-order chi connectivity index (χ0) is 20.2. The Morgan fingerprint density at radius 1 is 1.21 bits per heavy atom. The monoisotopic (exact) mass is 414 g/mol. The van der Waals surface area contributed by atoms with Crippen molar-refractivity contribution in [2.24, 2.45) is 0 Å². The molecule has 150 valence electrons. The lowest BCUT2D eigenvalue weighted by Crippen LogP contribution is -2.49. The van der Waals surface area contributed by atoms with Crippen LogP contribution in [0.3, 0.4) is 0 Å². The summed E-state index contributed by atoms with van der Waals surface area (Å²) in [5, 5.41) is 22.6. The highest BCUT2D eigenvalue weighted by atomic mass is 32.1. The van der Waals surface area contributed by atoms with Crippen molar-refractivity contribution in [3.63, 3.8) is 0 Å². The second-order valence-corrected chi connectivity index (χ2v) is 7.29. The van der Waals surface area contributed by atoms with E-state index >= 15 is 0 Å². The first kappa shape index (κ1) is 19.0. The Balaban J connectivity index is 1.26. The van der Waals surface area contributed by atoms with Gasteiger partial charge < -0.3 is 14.2 Å². The summed E-state index contributed by atoms with van der Waals surface area (Å²) in [5.74, 6) is 1.64. The van der Waals surface area contributed by atoms with Crippen LogP contribution in [0.2, 0.25) is 0 Å². The second kappa shape index (κ2) is 8.35. The van der Waals surface area contributed by atoms with Gasteiger partial charge in [-0.05, 0) is 17.5 Å². The molecule has 0 bridgehead atoms. The number of pyridine rings is 1. The van der Waals surface area contributed by atoms with Crippen molar-refractivity contribution < 1.29 is 14.1 Å². The van der Waals surface area contributed by atoms with E-state index in [0.717, 1.165) is 5.56 Å². The fourth-order valence-corrected chi connectivity index (χ4v) is 3.72. The third-order valence-corrected chi connectivity index (χ3v) is 5.37. The Morgan fingerprint density at radius 3 is 2.69 bits per heavy atom. The van der Waals surface area contributed by atoms with E-state index in [1.807, 2.05) is 21.7 Å². The van der Waals surface area contributed by atoms with Crippen molar-refractivity contribution in [1.29, 1.82) is 0 Å². The number of aryl methyl sites for hydroxylation is 1. The van der Waals surface area contributed by atoms with Gasteiger partial charge in [0, 0.05) is 56.0 Å². The van der Waals surface area contributed by atoms with Gasteiger partial charge in [0.2, 0.25) is 17.7 Å². The molecule has 3 aromatic heterocycles. The first-order chi connectivity index (χ1) is 14.1. The molecule has 0 N–H and O–H groups in total. The molecular weight excluding hydrogens is 396 g/mol. The van der Waals surface area contributed by atoms with Crippen LogP contribution in [0.25, 0.3) is 11.5 Å². The minimum atomic E-state index is -0.472. The number of rotatable bonds is 6. The van der Waals surface area contributed by atoms with Crippen LogP contribution >= 0.6 is 11.3 Å². The summed E-state index contributed by atoms with van der Waals surface area (Å²) in [7, 11) is 0. The van der Waals surface area contributed by atoms with Gasteiger partial charge in [0.05, 0.1) is 4.92 Å². The van der Waals surface area contributed by atoms with Crippen LogP contribution in [0.15, 0.2) is 39.6 Å². The number of nitro groups is 1. The molecule has 0 aromatic carbocycles. The lowest BCUT2D eigenvalue weighted by molar-refractivity contribution is -0.385. The fourth-order valence-electron chi connectivity index (χ4n) is 3.09. The summed E-state index contributed by atoms with van der Waals surface area (Å²) in [4.78, 5) is 30.7. The van der Waals surface area contributed by atoms with Gasteiger partial charge in [-0.1, -0.05) is 0 Å². The maximum absolute atomic E-state index is 12.5. The molecule has 1 aliphatic rings. The molecule has 11 heteroatoms. The maximum atomic E-state index is 12.5. The summed E-state index contributed by atoms with van der Waals surface area (Å²) in [6.07, 6.45) is 1.96. The van der Waals surface area contributed by atoms with Gasteiger partial charge in [-0.25, -0.2) is 4.98 Å². The average Bonchev–Trinajstić information content (AvgIpc) is 3.44. The first-order valence-corrected chi connectivity index (χ1v) is 10.0. The van der Waals surface area contributed by atoms with Crippen LogP contribution in [0.1, 0.15) is 12.3 Å². The van der Waals surface area contributed by atoms with E-state index in [4.69, 9.17) is 4.42 Å². The lowest BCUT2D eigenvalue weighted by atomic mass is 10.2. The van der Waals surface area contributed by atoms with Crippen molar-refractivity contribution >= 4 is 28.7 Å². The predicted octanol–water partition coefficient (Wildman–Crippen LogP) is 2.38. The molecule has 1 fully saturated rings. The number of piperazine rings is 1. The highest BCUT2D eigenvalue weighted by Crippen LogP contribution is 2.21. The summed E-state index contributed by atoms with van der Waals surface area (Å²) >= 11 is 1.55. The zero-order valence-electron chi connectivity index (χ0n) is 15.4. The Morgan fingerprint density at radius 2 is 2.03 bits per heavy atom. The number of nitrogens with zero attached hydrogens (tertiary/aromatic N) is 6. The molecule has 0 aliphatic carbocycles. The molecule has 4 rings (SSSR count). The van der Waals surface area contributed by atoms with E-state index in [2.05, 4.69) is 15.2 Å². The summed E-state index contributed by atoms with van der Waals surface area (Å²) in [6, 6.07) is 4.98. The van der Waals surface area contributed by atoms with E-state index < -0.39 is 4.92 Å². The summed E-state index contributed by atoms with van der Waals surface area (Å²) in [5.41, 5.74) is 0.849. The van der Waals surface area contributed by atoms with Crippen molar-refractivity contribution in [2.75, 3.05) is 31.1 Å². The molecule has 0 unspecified atom stereocenters. The smallest absolute Gasteiger partial charge is 0.287 e. The topological polar surface area (TPSA) is 119 Å². The second-order valence-electron chi connectivity index (χ2n) is 6.51. The SMILES string of the molecule is O=C(CCc1nnc(-c2ccsc2)o1)N1CCN(c2ccc([N+](=O)[O-])cn2)CC1. The normalized spacial score (nSPS) is 14.2.